The summed E-state index contributed by atoms with van der Waals surface area (Å²) in [5.74, 6) is 0.691. The van der Waals surface area contributed by atoms with E-state index in [9.17, 15) is 9.90 Å². The van der Waals surface area contributed by atoms with Crippen LogP contribution in [-0.4, -0.2) is 22.7 Å². The van der Waals surface area contributed by atoms with Gasteiger partial charge in [-0.05, 0) is 24.5 Å². The van der Waals surface area contributed by atoms with Gasteiger partial charge in [0.1, 0.15) is 5.75 Å². The van der Waals surface area contributed by atoms with E-state index in [1.807, 2.05) is 36.6 Å². The molecule has 1 N–H and O–H groups in total. The molecule has 1 heterocycles. The Morgan fingerprint density at radius 1 is 1.32 bits per heavy atom. The normalized spacial score (nSPS) is 11.7. The minimum absolute atomic E-state index is 0.0421. The van der Waals surface area contributed by atoms with Crippen molar-refractivity contribution in [3.63, 3.8) is 0 Å². The van der Waals surface area contributed by atoms with Crippen LogP contribution in [0.2, 0.25) is 0 Å². The van der Waals surface area contributed by atoms with Crippen molar-refractivity contribution in [2.75, 3.05) is 7.11 Å². The number of ether oxygens (including phenoxy) is 1. The number of hydrogen-bond acceptors (Lipinski definition) is 4. The molecule has 2 rings (SSSR count). The van der Waals surface area contributed by atoms with E-state index in [0.29, 0.717) is 24.4 Å². The molecule has 0 atom stereocenters. The average molecular weight is 345 g/mol. The molecule has 136 valence electrons. The second kappa shape index (κ2) is 8.65. The first-order valence-electron chi connectivity index (χ1n) is 8.81. The third-order valence-corrected chi connectivity index (χ3v) is 4.05. The van der Waals surface area contributed by atoms with Crippen LogP contribution in [0.25, 0.3) is 10.9 Å². The smallest absolute Gasteiger partial charge is 0.265 e. The van der Waals surface area contributed by atoms with E-state index < -0.39 is 0 Å². The summed E-state index contributed by atoms with van der Waals surface area (Å²) in [6, 6.07) is 5.52. The van der Waals surface area contributed by atoms with E-state index in [-0.39, 0.29) is 17.7 Å². The molecule has 0 radical (unpaired) electrons. The number of rotatable bonds is 8. The Balaban J connectivity index is 2.43. The number of unbranched alkanes of at least 4 members (excludes halogenated alkanes) is 2. The standard InChI is InChI=1S/C19H27N3O3/c1-5-6-7-10-22-16-12-14(25-4)8-9-15(16)18(19(22)24)21-20-17(23)11-13(2)3/h8-9,12-13,24H,5-7,10-11H2,1-4H3. The highest BCUT2D eigenvalue weighted by Crippen LogP contribution is 2.40. The summed E-state index contributed by atoms with van der Waals surface area (Å²) in [5, 5.41) is 19.2. The van der Waals surface area contributed by atoms with Gasteiger partial charge in [-0.15, -0.1) is 10.2 Å². The highest BCUT2D eigenvalue weighted by molar-refractivity contribution is 5.96. The molecule has 0 unspecified atom stereocenters. The van der Waals surface area contributed by atoms with Gasteiger partial charge in [-0.3, -0.25) is 4.79 Å². The van der Waals surface area contributed by atoms with Crippen LogP contribution >= 0.6 is 0 Å². The third-order valence-electron chi connectivity index (χ3n) is 4.05. The molecule has 25 heavy (non-hydrogen) atoms. The number of aryl methyl sites for hydroxylation is 1. The molecule has 0 bridgehead atoms. The van der Waals surface area contributed by atoms with Crippen molar-refractivity contribution in [3.05, 3.63) is 18.2 Å². The van der Waals surface area contributed by atoms with Crippen molar-refractivity contribution < 1.29 is 14.6 Å². The van der Waals surface area contributed by atoms with Crippen molar-refractivity contribution in [1.82, 2.24) is 4.57 Å². The van der Waals surface area contributed by atoms with E-state index in [1.54, 1.807) is 7.11 Å². The van der Waals surface area contributed by atoms with Crippen LogP contribution in [0.5, 0.6) is 11.6 Å². The van der Waals surface area contributed by atoms with Crippen LogP contribution in [0.3, 0.4) is 0 Å². The fourth-order valence-electron chi connectivity index (χ4n) is 2.77. The monoisotopic (exact) mass is 345 g/mol. The highest BCUT2D eigenvalue weighted by atomic mass is 16.5. The summed E-state index contributed by atoms with van der Waals surface area (Å²) >= 11 is 0. The zero-order valence-corrected chi connectivity index (χ0v) is 15.5. The van der Waals surface area contributed by atoms with Gasteiger partial charge >= 0.3 is 0 Å². The molecule has 1 amide bonds. The first-order chi connectivity index (χ1) is 12.0. The zero-order valence-electron chi connectivity index (χ0n) is 15.5. The predicted molar refractivity (Wildman–Crippen MR) is 98.7 cm³/mol. The quantitative estimate of drug-likeness (QED) is 0.527. The molecule has 2 aromatic rings. The lowest BCUT2D eigenvalue weighted by Crippen LogP contribution is -1.98. The van der Waals surface area contributed by atoms with Gasteiger partial charge in [-0.2, -0.15) is 0 Å². The first kappa shape index (κ1) is 19.0. The van der Waals surface area contributed by atoms with E-state index in [2.05, 4.69) is 17.2 Å². The molecule has 1 aromatic heterocycles. The predicted octanol–water partition coefficient (Wildman–Crippen LogP) is 5.20. The molecule has 0 fully saturated rings. The number of amides is 1. The maximum absolute atomic E-state index is 11.8. The molecule has 0 saturated carbocycles. The van der Waals surface area contributed by atoms with Gasteiger partial charge in [-0.1, -0.05) is 33.6 Å². The maximum atomic E-state index is 11.8. The largest absolute Gasteiger partial charge is 0.497 e. The first-order valence-corrected chi connectivity index (χ1v) is 8.81. The molecule has 0 aliphatic carbocycles. The van der Waals surface area contributed by atoms with Gasteiger partial charge in [0.2, 0.25) is 5.88 Å². The third kappa shape index (κ3) is 4.59. The minimum atomic E-state index is -0.283. The lowest BCUT2D eigenvalue weighted by atomic mass is 10.1. The molecule has 0 saturated heterocycles. The van der Waals surface area contributed by atoms with Crippen LogP contribution in [0.1, 0.15) is 46.5 Å². The lowest BCUT2D eigenvalue weighted by Gasteiger charge is -2.07. The summed E-state index contributed by atoms with van der Waals surface area (Å²) in [7, 11) is 1.61. The number of methoxy groups -OCH3 is 1. The molecule has 6 heteroatoms. The van der Waals surface area contributed by atoms with Crippen LogP contribution < -0.4 is 4.74 Å². The SMILES string of the molecule is CCCCCn1c(O)c(N=NC(=O)CC(C)C)c2ccc(OC)cc21. The molecular weight excluding hydrogens is 318 g/mol. The van der Waals surface area contributed by atoms with Gasteiger partial charge in [0, 0.05) is 24.4 Å². The van der Waals surface area contributed by atoms with Crippen LogP contribution in [0.15, 0.2) is 28.4 Å². The van der Waals surface area contributed by atoms with Gasteiger partial charge < -0.3 is 14.4 Å². The van der Waals surface area contributed by atoms with Crippen LogP contribution in [-0.2, 0) is 11.3 Å². The fourth-order valence-corrected chi connectivity index (χ4v) is 2.77. The zero-order chi connectivity index (χ0) is 18.4. The van der Waals surface area contributed by atoms with E-state index >= 15 is 0 Å². The Morgan fingerprint density at radius 3 is 2.72 bits per heavy atom. The lowest BCUT2D eigenvalue weighted by molar-refractivity contribution is -0.118. The Hall–Kier alpha value is -2.37. The molecule has 6 nitrogen and oxygen atoms in total. The summed E-state index contributed by atoms with van der Waals surface area (Å²) in [4.78, 5) is 11.8. The second-order valence-electron chi connectivity index (χ2n) is 6.61. The number of nitrogens with zero attached hydrogens (tertiary/aromatic N) is 3. The number of carbonyl (C=O) groups excluding carboxylic acids is 1. The topological polar surface area (TPSA) is 76.2 Å². The summed E-state index contributed by atoms with van der Waals surface area (Å²) in [6.07, 6.45) is 3.47. The number of carbonyl (C=O) groups is 1. The van der Waals surface area contributed by atoms with Gasteiger partial charge in [-0.25, -0.2) is 0 Å². The maximum Gasteiger partial charge on any atom is 0.265 e. The number of aromatic nitrogens is 1. The number of fused-ring (bicyclic) bond motifs is 1. The van der Waals surface area contributed by atoms with Gasteiger partial charge in [0.05, 0.1) is 12.6 Å². The van der Waals surface area contributed by atoms with Crippen molar-refractivity contribution in [2.24, 2.45) is 16.1 Å². The minimum Gasteiger partial charge on any atom is -0.497 e. The van der Waals surface area contributed by atoms with Crippen molar-refractivity contribution >= 4 is 22.5 Å². The Kier molecular flexibility index (Phi) is 6.56. The second-order valence-corrected chi connectivity index (χ2v) is 6.61. The summed E-state index contributed by atoms with van der Waals surface area (Å²) in [6.45, 7) is 6.73. The number of azo groups is 1. The molecule has 0 aliphatic rings. The number of aromatic hydroxyl groups is 1. The van der Waals surface area contributed by atoms with Gasteiger partial charge in [0.25, 0.3) is 5.91 Å². The van der Waals surface area contributed by atoms with Crippen LogP contribution in [0.4, 0.5) is 5.69 Å². The number of hydrogen-bond donors (Lipinski definition) is 1. The fraction of sp³-hybridized carbons (Fsp3) is 0.526. The van der Waals surface area contributed by atoms with E-state index in [0.717, 1.165) is 30.2 Å². The molecule has 0 spiro atoms. The van der Waals surface area contributed by atoms with E-state index in [4.69, 9.17) is 4.74 Å². The van der Waals surface area contributed by atoms with Crippen molar-refractivity contribution in [3.8, 4) is 11.6 Å². The summed E-state index contributed by atoms with van der Waals surface area (Å²) in [5.41, 5.74) is 1.17. The molecule has 1 aromatic carbocycles. The highest BCUT2D eigenvalue weighted by Gasteiger charge is 2.17. The van der Waals surface area contributed by atoms with Gasteiger partial charge in [0.15, 0.2) is 5.69 Å². The van der Waals surface area contributed by atoms with Crippen LogP contribution in [0, 0.1) is 5.92 Å². The number of benzene rings is 1. The van der Waals surface area contributed by atoms with Crippen molar-refractivity contribution in [1.29, 1.82) is 0 Å². The Morgan fingerprint density at radius 2 is 2.08 bits per heavy atom. The van der Waals surface area contributed by atoms with E-state index in [1.165, 1.54) is 0 Å². The molecular formula is C19H27N3O3. The molecule has 0 aliphatic heterocycles. The average Bonchev–Trinajstić information content (AvgIpc) is 2.83. The Labute approximate surface area is 148 Å². The van der Waals surface area contributed by atoms with Crippen molar-refractivity contribution in [2.45, 2.75) is 53.0 Å². The Bertz CT molecular complexity index is 763. The summed E-state index contributed by atoms with van der Waals surface area (Å²) < 4.78 is 7.11.